The first-order valence-electron chi connectivity index (χ1n) is 9.87. The molecule has 0 saturated carbocycles. The highest BCUT2D eigenvalue weighted by Crippen LogP contribution is 2.23. The molecular weight excluding hydrogens is 361 g/mol. The van der Waals surface area contributed by atoms with E-state index in [-0.39, 0.29) is 11.4 Å². The highest BCUT2D eigenvalue weighted by molar-refractivity contribution is 5.48. The van der Waals surface area contributed by atoms with Crippen molar-refractivity contribution in [3.63, 3.8) is 0 Å². The molecule has 150 valence electrons. The predicted octanol–water partition coefficient (Wildman–Crippen LogP) is 0.989. The predicted molar refractivity (Wildman–Crippen MR) is 106 cm³/mol. The van der Waals surface area contributed by atoms with Gasteiger partial charge < -0.3 is 9.88 Å². The number of hydrogen-bond donors (Lipinski definition) is 2. The number of aromatic nitrogens is 2. The van der Waals surface area contributed by atoms with Crippen LogP contribution in [-0.4, -0.2) is 65.1 Å². The fourth-order valence-corrected chi connectivity index (χ4v) is 4.35. The van der Waals surface area contributed by atoms with E-state index in [4.69, 9.17) is 0 Å². The van der Waals surface area contributed by atoms with Gasteiger partial charge in [-0.3, -0.25) is 19.6 Å². The van der Waals surface area contributed by atoms with Crippen molar-refractivity contribution < 1.29 is 4.39 Å². The normalized spacial score (nSPS) is 21.8. The Kier molecular flexibility index (Phi) is 5.59. The maximum atomic E-state index is 14.0. The number of anilines is 1. The Morgan fingerprint density at radius 3 is 2.57 bits per heavy atom. The van der Waals surface area contributed by atoms with Crippen LogP contribution in [0.1, 0.15) is 18.5 Å². The average molecular weight is 387 g/mol. The number of nitrogens with one attached hydrogen (secondary N) is 2. The van der Waals surface area contributed by atoms with Gasteiger partial charge in [0.25, 0.3) is 5.56 Å². The largest absolute Gasteiger partial charge is 0.367 e. The summed E-state index contributed by atoms with van der Waals surface area (Å²) >= 11 is 0. The van der Waals surface area contributed by atoms with Gasteiger partial charge in [-0.2, -0.15) is 0 Å². The molecule has 2 aromatic rings. The minimum absolute atomic E-state index is 0.161. The Balaban J connectivity index is 1.34. The highest BCUT2D eigenvalue weighted by atomic mass is 19.1. The molecule has 7 nitrogen and oxygen atoms in total. The van der Waals surface area contributed by atoms with Crippen molar-refractivity contribution in [1.29, 1.82) is 0 Å². The molecule has 2 fully saturated rings. The van der Waals surface area contributed by atoms with Crippen molar-refractivity contribution in [1.82, 2.24) is 19.8 Å². The Morgan fingerprint density at radius 1 is 1.04 bits per heavy atom. The van der Waals surface area contributed by atoms with E-state index in [0.29, 0.717) is 24.0 Å². The molecule has 0 spiro atoms. The molecule has 1 atom stereocenters. The zero-order valence-corrected chi connectivity index (χ0v) is 15.9. The summed E-state index contributed by atoms with van der Waals surface area (Å²) in [5.74, 6) is -0.161. The van der Waals surface area contributed by atoms with Gasteiger partial charge in [-0.1, -0.05) is 12.1 Å². The van der Waals surface area contributed by atoms with Gasteiger partial charge in [-0.25, -0.2) is 9.18 Å². The number of para-hydroxylation sites is 1. The molecule has 4 rings (SSSR count). The van der Waals surface area contributed by atoms with E-state index < -0.39 is 5.69 Å². The zero-order valence-electron chi connectivity index (χ0n) is 15.9. The first-order chi connectivity index (χ1) is 13.6. The lowest BCUT2D eigenvalue weighted by atomic mass is 10.0. The molecule has 2 aliphatic heterocycles. The molecule has 1 aromatic heterocycles. The maximum absolute atomic E-state index is 14.0. The Hall–Kier alpha value is -2.45. The van der Waals surface area contributed by atoms with Crippen LogP contribution in [0.4, 0.5) is 10.1 Å². The molecule has 28 heavy (non-hydrogen) atoms. The minimum atomic E-state index is -0.458. The fourth-order valence-electron chi connectivity index (χ4n) is 4.35. The van der Waals surface area contributed by atoms with E-state index in [1.54, 1.807) is 6.07 Å². The van der Waals surface area contributed by atoms with Crippen LogP contribution in [0.5, 0.6) is 0 Å². The molecular formula is C20H26FN5O2. The molecule has 0 bridgehead atoms. The molecule has 0 amide bonds. The lowest BCUT2D eigenvalue weighted by molar-refractivity contribution is 0.0879. The van der Waals surface area contributed by atoms with Crippen molar-refractivity contribution in [2.24, 2.45) is 0 Å². The van der Waals surface area contributed by atoms with E-state index in [2.05, 4.69) is 24.7 Å². The lowest BCUT2D eigenvalue weighted by Crippen LogP contribution is -2.55. The average Bonchev–Trinajstić information content (AvgIpc) is 2.68. The summed E-state index contributed by atoms with van der Waals surface area (Å²) in [5.41, 5.74) is 0.515. The van der Waals surface area contributed by atoms with E-state index in [0.717, 1.165) is 52.1 Å². The van der Waals surface area contributed by atoms with E-state index in [1.165, 1.54) is 12.1 Å². The number of H-pyrrole nitrogens is 2. The zero-order chi connectivity index (χ0) is 19.5. The maximum Gasteiger partial charge on any atom is 0.325 e. The summed E-state index contributed by atoms with van der Waals surface area (Å²) in [5, 5.41) is 0. The van der Waals surface area contributed by atoms with Crippen molar-refractivity contribution in [3.8, 4) is 0 Å². The smallest absolute Gasteiger partial charge is 0.325 e. The molecule has 1 unspecified atom stereocenters. The van der Waals surface area contributed by atoms with Crippen LogP contribution in [0.2, 0.25) is 0 Å². The van der Waals surface area contributed by atoms with Gasteiger partial charge in [0, 0.05) is 57.1 Å². The Bertz CT molecular complexity index is 891. The topological polar surface area (TPSA) is 75.4 Å². The minimum Gasteiger partial charge on any atom is -0.367 e. The lowest BCUT2D eigenvalue weighted by Gasteiger charge is -2.44. The van der Waals surface area contributed by atoms with Crippen molar-refractivity contribution >= 4 is 5.69 Å². The number of halogens is 1. The molecule has 8 heteroatoms. The van der Waals surface area contributed by atoms with Crippen LogP contribution in [-0.2, 0) is 6.54 Å². The number of rotatable bonds is 4. The van der Waals surface area contributed by atoms with E-state index in [9.17, 15) is 14.0 Å². The van der Waals surface area contributed by atoms with Gasteiger partial charge in [0.15, 0.2) is 0 Å². The molecule has 3 heterocycles. The van der Waals surface area contributed by atoms with Gasteiger partial charge in [-0.05, 0) is 31.5 Å². The summed E-state index contributed by atoms with van der Waals surface area (Å²) in [6.07, 6.45) is 2.23. The van der Waals surface area contributed by atoms with Crippen molar-refractivity contribution in [3.05, 3.63) is 62.7 Å². The second kappa shape index (κ2) is 8.28. The summed E-state index contributed by atoms with van der Waals surface area (Å²) in [6.45, 7) is 5.90. The molecule has 0 radical (unpaired) electrons. The number of piperazine rings is 1. The van der Waals surface area contributed by atoms with Gasteiger partial charge in [-0.15, -0.1) is 0 Å². The van der Waals surface area contributed by atoms with Crippen LogP contribution in [0.15, 0.2) is 39.9 Å². The van der Waals surface area contributed by atoms with Gasteiger partial charge in [0.05, 0.1) is 5.69 Å². The fraction of sp³-hybridized carbons (Fsp3) is 0.500. The Labute approximate surface area is 162 Å². The highest BCUT2D eigenvalue weighted by Gasteiger charge is 2.28. The van der Waals surface area contributed by atoms with Crippen LogP contribution in [0.25, 0.3) is 0 Å². The second-order valence-electron chi connectivity index (χ2n) is 7.62. The second-order valence-corrected chi connectivity index (χ2v) is 7.62. The third-order valence-corrected chi connectivity index (χ3v) is 5.71. The molecule has 0 aliphatic carbocycles. The number of nitrogens with zero attached hydrogens (tertiary/aromatic N) is 3. The molecule has 2 N–H and O–H groups in total. The third-order valence-electron chi connectivity index (χ3n) is 5.71. The number of piperidine rings is 1. The van der Waals surface area contributed by atoms with Crippen LogP contribution in [0.3, 0.4) is 0 Å². The van der Waals surface area contributed by atoms with Crippen LogP contribution < -0.4 is 16.1 Å². The van der Waals surface area contributed by atoms with E-state index >= 15 is 0 Å². The molecule has 2 aliphatic rings. The first-order valence-corrected chi connectivity index (χ1v) is 9.87. The Morgan fingerprint density at radius 2 is 1.82 bits per heavy atom. The van der Waals surface area contributed by atoms with Gasteiger partial charge in [0.1, 0.15) is 5.82 Å². The summed E-state index contributed by atoms with van der Waals surface area (Å²) in [6, 6.07) is 8.86. The number of hydrogen-bond acceptors (Lipinski definition) is 5. The van der Waals surface area contributed by atoms with Crippen LogP contribution in [0, 0.1) is 5.82 Å². The number of benzene rings is 1. The molecule has 1 aromatic carbocycles. The van der Waals surface area contributed by atoms with Gasteiger partial charge >= 0.3 is 5.69 Å². The monoisotopic (exact) mass is 387 g/mol. The summed E-state index contributed by atoms with van der Waals surface area (Å²) < 4.78 is 14.0. The SMILES string of the molecule is O=c1cc(CN2CCCC(N3CCN(c4ccccc4F)CC3)C2)[nH]c(=O)[nH]1. The first kappa shape index (κ1) is 18.9. The number of likely N-dealkylation sites (tertiary alicyclic amines) is 1. The van der Waals surface area contributed by atoms with Gasteiger partial charge in [0.2, 0.25) is 0 Å². The summed E-state index contributed by atoms with van der Waals surface area (Å²) in [7, 11) is 0. The van der Waals surface area contributed by atoms with Crippen molar-refractivity contribution in [2.45, 2.75) is 25.4 Å². The van der Waals surface area contributed by atoms with Crippen LogP contribution >= 0.6 is 0 Å². The molecule has 2 saturated heterocycles. The summed E-state index contributed by atoms with van der Waals surface area (Å²) in [4.78, 5) is 34.8. The third kappa shape index (κ3) is 4.34. The van der Waals surface area contributed by atoms with Crippen molar-refractivity contribution in [2.75, 3.05) is 44.2 Å². The van der Waals surface area contributed by atoms with E-state index in [1.807, 2.05) is 12.1 Å². The standard InChI is InChI=1S/C20H26FN5O2/c21-17-5-1-2-6-18(17)26-10-8-25(9-11-26)16-4-3-7-24(14-16)13-15-12-19(27)23-20(28)22-15/h1-2,5-6,12,16H,3-4,7-11,13-14H2,(H2,22,23,27,28). The quantitative estimate of drug-likeness (QED) is 0.818. The number of aromatic amines is 2.